The van der Waals surface area contributed by atoms with Crippen LogP contribution >= 0.6 is 0 Å². The molecule has 10 heteroatoms. The lowest BCUT2D eigenvalue weighted by atomic mass is 10.2. The number of carbonyl (C=O) groups excluding carboxylic acids is 3. The second-order valence-electron chi connectivity index (χ2n) is 6.08. The monoisotopic (exact) mass is 386 g/mol. The van der Waals surface area contributed by atoms with Crippen LogP contribution in [0.3, 0.4) is 0 Å². The van der Waals surface area contributed by atoms with E-state index in [2.05, 4.69) is 5.32 Å². The highest BCUT2D eigenvalue weighted by Gasteiger charge is 2.44. The van der Waals surface area contributed by atoms with E-state index < -0.39 is 41.2 Å². The van der Waals surface area contributed by atoms with Crippen LogP contribution < -0.4 is 10.2 Å². The van der Waals surface area contributed by atoms with Crippen molar-refractivity contribution in [3.8, 4) is 0 Å². The minimum absolute atomic E-state index is 0.133. The Morgan fingerprint density at radius 1 is 1.14 bits per heavy atom. The highest BCUT2D eigenvalue weighted by molar-refractivity contribution is 6.16. The summed E-state index contributed by atoms with van der Waals surface area (Å²) in [5.74, 6) is -1.68. The summed E-state index contributed by atoms with van der Waals surface area (Å²) in [6.45, 7) is 0.995. The number of benzene rings is 2. The fourth-order valence-corrected chi connectivity index (χ4v) is 2.82. The van der Waals surface area contributed by atoms with Crippen LogP contribution in [-0.4, -0.2) is 40.3 Å². The first-order chi connectivity index (χ1) is 13.3. The van der Waals surface area contributed by atoms with Crippen LogP contribution in [0.4, 0.5) is 26.2 Å². The average Bonchev–Trinajstić information content (AvgIpc) is 2.86. The van der Waals surface area contributed by atoms with Gasteiger partial charge in [0, 0.05) is 23.5 Å². The fourth-order valence-electron chi connectivity index (χ4n) is 2.82. The third kappa shape index (κ3) is 3.65. The molecular formula is C18H15FN4O5. The molecule has 9 nitrogen and oxygen atoms in total. The molecule has 0 bridgehead atoms. The first kappa shape index (κ1) is 19.0. The van der Waals surface area contributed by atoms with Gasteiger partial charge in [-0.1, -0.05) is 0 Å². The first-order valence-electron chi connectivity index (χ1n) is 8.22. The van der Waals surface area contributed by atoms with Crippen LogP contribution in [0.15, 0.2) is 48.5 Å². The van der Waals surface area contributed by atoms with E-state index in [1.54, 1.807) is 0 Å². The Kier molecular flexibility index (Phi) is 5.03. The van der Waals surface area contributed by atoms with Gasteiger partial charge >= 0.3 is 6.03 Å². The number of rotatable bonds is 5. The minimum Gasteiger partial charge on any atom is -0.325 e. The maximum Gasteiger partial charge on any atom is 0.332 e. The van der Waals surface area contributed by atoms with E-state index in [4.69, 9.17) is 0 Å². The molecule has 0 saturated carbocycles. The van der Waals surface area contributed by atoms with Crippen LogP contribution in [-0.2, 0) is 9.59 Å². The van der Waals surface area contributed by atoms with Crippen molar-refractivity contribution in [2.45, 2.75) is 13.0 Å². The first-order valence-corrected chi connectivity index (χ1v) is 8.22. The quantitative estimate of drug-likeness (QED) is 0.482. The molecule has 2 aromatic carbocycles. The van der Waals surface area contributed by atoms with Gasteiger partial charge in [0.05, 0.1) is 4.92 Å². The van der Waals surface area contributed by atoms with Crippen molar-refractivity contribution in [3.63, 3.8) is 0 Å². The molecule has 2 aromatic rings. The normalized spacial score (nSPS) is 16.4. The third-order valence-electron chi connectivity index (χ3n) is 4.22. The zero-order valence-corrected chi connectivity index (χ0v) is 14.7. The molecule has 1 N–H and O–H groups in total. The van der Waals surface area contributed by atoms with E-state index in [9.17, 15) is 28.9 Å². The molecule has 3 rings (SSSR count). The van der Waals surface area contributed by atoms with E-state index in [1.165, 1.54) is 60.4 Å². The number of imide groups is 1. The number of hydrogen-bond acceptors (Lipinski definition) is 5. The van der Waals surface area contributed by atoms with Crippen LogP contribution in [0.25, 0.3) is 0 Å². The summed E-state index contributed by atoms with van der Waals surface area (Å²) in [6, 6.07) is 8.68. The van der Waals surface area contributed by atoms with Gasteiger partial charge in [0.15, 0.2) is 0 Å². The highest BCUT2D eigenvalue weighted by Crippen LogP contribution is 2.26. The SMILES string of the molecule is C[C@H]1C(=O)N(CC(=O)Nc2ccc([N+](=O)[O-])cc2)C(=O)N1c1ccc(F)cc1. The summed E-state index contributed by atoms with van der Waals surface area (Å²) < 4.78 is 13.1. The molecule has 1 heterocycles. The van der Waals surface area contributed by atoms with Crippen molar-refractivity contribution in [1.29, 1.82) is 0 Å². The second-order valence-corrected chi connectivity index (χ2v) is 6.08. The molecular weight excluding hydrogens is 371 g/mol. The minimum atomic E-state index is -0.842. The predicted octanol–water partition coefficient (Wildman–Crippen LogP) is 2.53. The van der Waals surface area contributed by atoms with E-state index in [0.29, 0.717) is 5.69 Å². The van der Waals surface area contributed by atoms with E-state index in [-0.39, 0.29) is 11.4 Å². The van der Waals surface area contributed by atoms with Crippen molar-refractivity contribution in [2.24, 2.45) is 0 Å². The number of nitro groups is 1. The summed E-state index contributed by atoms with van der Waals surface area (Å²) in [6.07, 6.45) is 0. The van der Waals surface area contributed by atoms with Gasteiger partial charge in [0.1, 0.15) is 18.4 Å². The molecule has 0 unspecified atom stereocenters. The Labute approximate surface area is 158 Å². The van der Waals surface area contributed by atoms with Gasteiger partial charge in [-0.15, -0.1) is 0 Å². The Bertz CT molecular complexity index is 945. The van der Waals surface area contributed by atoms with Crippen molar-refractivity contribution in [2.75, 3.05) is 16.8 Å². The standard InChI is InChI=1S/C18H15FN4O5/c1-11-17(25)21(18(26)22(11)14-6-2-12(19)3-7-14)10-16(24)20-13-4-8-15(9-5-13)23(27)28/h2-9,11H,10H2,1H3,(H,20,24)/t11-/m0/s1. The van der Waals surface area contributed by atoms with Gasteiger partial charge in [0.2, 0.25) is 5.91 Å². The number of amides is 4. The van der Waals surface area contributed by atoms with Crippen LogP contribution in [0.1, 0.15) is 6.92 Å². The maximum atomic E-state index is 13.1. The van der Waals surface area contributed by atoms with Gasteiger partial charge in [-0.25, -0.2) is 9.18 Å². The number of nitro benzene ring substituents is 1. The summed E-state index contributed by atoms with van der Waals surface area (Å²) in [4.78, 5) is 49.3. The van der Waals surface area contributed by atoms with Crippen LogP contribution in [0.5, 0.6) is 0 Å². The van der Waals surface area contributed by atoms with E-state index in [0.717, 1.165) is 4.90 Å². The smallest absolute Gasteiger partial charge is 0.325 e. The largest absolute Gasteiger partial charge is 0.332 e. The van der Waals surface area contributed by atoms with Crippen molar-refractivity contribution >= 4 is 34.9 Å². The lowest BCUT2D eigenvalue weighted by molar-refractivity contribution is -0.384. The molecule has 0 aromatic heterocycles. The zero-order valence-electron chi connectivity index (χ0n) is 14.7. The molecule has 4 amide bonds. The molecule has 0 spiro atoms. The van der Waals surface area contributed by atoms with Crippen LogP contribution in [0.2, 0.25) is 0 Å². The Balaban J connectivity index is 1.70. The average molecular weight is 386 g/mol. The number of anilines is 2. The molecule has 0 aliphatic carbocycles. The summed E-state index contributed by atoms with van der Waals surface area (Å²) in [5.41, 5.74) is 0.496. The molecule has 1 fully saturated rings. The molecule has 1 aliphatic rings. The van der Waals surface area contributed by atoms with Gasteiger partial charge in [-0.2, -0.15) is 0 Å². The fraction of sp³-hybridized carbons (Fsp3) is 0.167. The maximum absolute atomic E-state index is 13.1. The molecule has 28 heavy (non-hydrogen) atoms. The zero-order chi connectivity index (χ0) is 20.4. The summed E-state index contributed by atoms with van der Waals surface area (Å²) >= 11 is 0. The van der Waals surface area contributed by atoms with Crippen molar-refractivity contribution in [1.82, 2.24) is 4.90 Å². The van der Waals surface area contributed by atoms with Gasteiger partial charge in [-0.3, -0.25) is 29.5 Å². The molecule has 1 saturated heterocycles. The van der Waals surface area contributed by atoms with Crippen LogP contribution in [0, 0.1) is 15.9 Å². The van der Waals surface area contributed by atoms with Crippen molar-refractivity contribution < 1.29 is 23.7 Å². The number of carbonyl (C=O) groups is 3. The lowest BCUT2D eigenvalue weighted by Crippen LogP contribution is -2.39. The van der Waals surface area contributed by atoms with Gasteiger partial charge < -0.3 is 5.32 Å². The van der Waals surface area contributed by atoms with Crippen molar-refractivity contribution in [3.05, 3.63) is 64.5 Å². The molecule has 1 atom stereocenters. The number of halogens is 1. The highest BCUT2D eigenvalue weighted by atomic mass is 19.1. The second kappa shape index (κ2) is 7.43. The number of urea groups is 1. The van der Waals surface area contributed by atoms with E-state index >= 15 is 0 Å². The number of non-ortho nitro benzene ring substituents is 1. The summed E-state index contributed by atoms with van der Waals surface area (Å²) in [5, 5.41) is 13.1. The Hall–Kier alpha value is -3.82. The number of hydrogen-bond donors (Lipinski definition) is 1. The molecule has 144 valence electrons. The topological polar surface area (TPSA) is 113 Å². The Morgan fingerprint density at radius 3 is 2.32 bits per heavy atom. The predicted molar refractivity (Wildman–Crippen MR) is 97.2 cm³/mol. The third-order valence-corrected chi connectivity index (χ3v) is 4.22. The number of nitrogens with zero attached hydrogens (tertiary/aromatic N) is 3. The number of nitrogens with one attached hydrogen (secondary N) is 1. The lowest BCUT2D eigenvalue weighted by Gasteiger charge is -2.19. The summed E-state index contributed by atoms with van der Waals surface area (Å²) in [7, 11) is 0. The van der Waals surface area contributed by atoms with Gasteiger partial charge in [0.25, 0.3) is 11.6 Å². The molecule has 1 aliphatic heterocycles. The van der Waals surface area contributed by atoms with Gasteiger partial charge in [-0.05, 0) is 43.3 Å². The van der Waals surface area contributed by atoms with E-state index in [1.807, 2.05) is 0 Å². The Morgan fingerprint density at radius 2 is 1.75 bits per heavy atom. The molecule has 0 radical (unpaired) electrons.